The Balaban J connectivity index is 1.95. The van der Waals surface area contributed by atoms with Crippen molar-refractivity contribution in [3.05, 3.63) is 22.2 Å². The maximum Gasteiger partial charge on any atom is 0.172 e. The molecular weight excluding hydrogens is 350 g/mol. The number of aromatic hydroxyl groups is 1. The standard InChI is InChI=1S/C16H24BrNO2S/c1-20-14-9-12(8-13(17)15(14)19)10-18-11-16(21-2)6-4-3-5-7-16/h8-9,18-19H,3-7,10-11H2,1-2H3. The molecule has 0 aliphatic heterocycles. The van der Waals surface area contributed by atoms with Gasteiger partial charge in [0.15, 0.2) is 11.5 Å². The van der Waals surface area contributed by atoms with Crippen molar-refractivity contribution in [1.29, 1.82) is 0 Å². The number of phenolic OH excluding ortho intramolecular Hbond substituents is 1. The van der Waals surface area contributed by atoms with Crippen molar-refractivity contribution in [2.75, 3.05) is 19.9 Å². The number of halogens is 1. The van der Waals surface area contributed by atoms with E-state index in [1.807, 2.05) is 23.9 Å². The third-order valence-electron chi connectivity index (χ3n) is 4.28. The van der Waals surface area contributed by atoms with E-state index in [1.165, 1.54) is 32.1 Å². The van der Waals surface area contributed by atoms with Crippen molar-refractivity contribution in [1.82, 2.24) is 5.32 Å². The number of hydrogen-bond acceptors (Lipinski definition) is 4. The summed E-state index contributed by atoms with van der Waals surface area (Å²) in [5, 5.41) is 13.4. The predicted molar refractivity (Wildman–Crippen MR) is 93.4 cm³/mol. The number of nitrogens with one attached hydrogen (secondary N) is 1. The first-order chi connectivity index (χ1) is 10.1. The van der Waals surface area contributed by atoms with E-state index in [1.54, 1.807) is 7.11 Å². The Labute approximate surface area is 140 Å². The molecule has 1 aromatic rings. The summed E-state index contributed by atoms with van der Waals surface area (Å²) in [5.74, 6) is 0.674. The van der Waals surface area contributed by atoms with E-state index >= 15 is 0 Å². The van der Waals surface area contributed by atoms with Crippen molar-refractivity contribution < 1.29 is 9.84 Å². The summed E-state index contributed by atoms with van der Waals surface area (Å²) in [5.41, 5.74) is 1.11. The van der Waals surface area contributed by atoms with Gasteiger partial charge >= 0.3 is 0 Å². The molecule has 21 heavy (non-hydrogen) atoms. The van der Waals surface area contributed by atoms with Crippen molar-refractivity contribution >= 4 is 27.7 Å². The molecule has 0 bridgehead atoms. The average Bonchev–Trinajstić information content (AvgIpc) is 2.51. The molecule has 5 heteroatoms. The Kier molecular flexibility index (Phi) is 6.26. The van der Waals surface area contributed by atoms with E-state index in [2.05, 4.69) is 27.5 Å². The molecule has 0 aromatic heterocycles. The second kappa shape index (κ2) is 7.75. The molecule has 0 radical (unpaired) electrons. The minimum absolute atomic E-state index is 0.161. The second-order valence-corrected chi connectivity index (χ2v) is 7.81. The zero-order valence-corrected chi connectivity index (χ0v) is 15.1. The molecule has 0 amide bonds. The summed E-state index contributed by atoms with van der Waals surface area (Å²) < 4.78 is 6.27. The fourth-order valence-corrected chi connectivity index (χ4v) is 4.40. The van der Waals surface area contributed by atoms with Gasteiger partial charge in [-0.15, -0.1) is 0 Å². The number of hydrogen-bond donors (Lipinski definition) is 2. The van der Waals surface area contributed by atoms with Crippen LogP contribution >= 0.6 is 27.7 Å². The number of thioether (sulfide) groups is 1. The zero-order chi connectivity index (χ0) is 15.3. The van der Waals surface area contributed by atoms with Crippen LogP contribution < -0.4 is 10.1 Å². The normalized spacial score (nSPS) is 17.7. The van der Waals surface area contributed by atoms with E-state index < -0.39 is 0 Å². The predicted octanol–water partition coefficient (Wildman–Crippen LogP) is 4.32. The fourth-order valence-electron chi connectivity index (χ4n) is 2.97. The zero-order valence-electron chi connectivity index (χ0n) is 12.7. The summed E-state index contributed by atoms with van der Waals surface area (Å²) in [6.45, 7) is 1.83. The topological polar surface area (TPSA) is 41.5 Å². The third kappa shape index (κ3) is 4.30. The van der Waals surface area contributed by atoms with Crippen LogP contribution in [0, 0.1) is 0 Å². The number of rotatable bonds is 6. The molecule has 1 aromatic carbocycles. The van der Waals surface area contributed by atoms with Crippen LogP contribution in [0.3, 0.4) is 0 Å². The van der Waals surface area contributed by atoms with Crippen LogP contribution in [-0.4, -0.2) is 29.8 Å². The van der Waals surface area contributed by atoms with Crippen LogP contribution in [0.4, 0.5) is 0 Å². The molecule has 1 fully saturated rings. The van der Waals surface area contributed by atoms with Gasteiger partial charge in [0.1, 0.15) is 0 Å². The molecular formula is C16H24BrNO2S. The lowest BCUT2D eigenvalue weighted by molar-refractivity contribution is 0.369. The van der Waals surface area contributed by atoms with E-state index in [-0.39, 0.29) is 5.75 Å². The third-order valence-corrected chi connectivity index (χ3v) is 6.31. The maximum atomic E-state index is 9.83. The molecule has 0 spiro atoms. The fraction of sp³-hybridized carbons (Fsp3) is 0.625. The highest BCUT2D eigenvalue weighted by atomic mass is 79.9. The van der Waals surface area contributed by atoms with Gasteiger partial charge in [0.05, 0.1) is 11.6 Å². The number of ether oxygens (including phenoxy) is 1. The lowest BCUT2D eigenvalue weighted by Gasteiger charge is -2.36. The van der Waals surface area contributed by atoms with Crippen LogP contribution in [0.25, 0.3) is 0 Å². The number of benzene rings is 1. The first-order valence-electron chi connectivity index (χ1n) is 7.41. The Hall–Kier alpha value is -0.390. The minimum atomic E-state index is 0.161. The average molecular weight is 374 g/mol. The van der Waals surface area contributed by atoms with Crippen molar-refractivity contribution in [3.8, 4) is 11.5 Å². The molecule has 1 saturated carbocycles. The Morgan fingerprint density at radius 1 is 1.33 bits per heavy atom. The number of methoxy groups -OCH3 is 1. The molecule has 0 saturated heterocycles. The van der Waals surface area contributed by atoms with Gasteiger partial charge in [-0.05, 0) is 52.7 Å². The Bertz CT molecular complexity index is 476. The Morgan fingerprint density at radius 2 is 2.05 bits per heavy atom. The van der Waals surface area contributed by atoms with E-state index in [0.717, 1.165) is 18.7 Å². The smallest absolute Gasteiger partial charge is 0.172 e. The molecule has 1 aliphatic carbocycles. The lowest BCUT2D eigenvalue weighted by atomic mass is 9.88. The van der Waals surface area contributed by atoms with Crippen LogP contribution in [0.5, 0.6) is 11.5 Å². The highest BCUT2D eigenvalue weighted by Gasteiger charge is 2.30. The summed E-state index contributed by atoms with van der Waals surface area (Å²) in [7, 11) is 1.57. The molecule has 2 N–H and O–H groups in total. The van der Waals surface area contributed by atoms with Gasteiger partial charge in [-0.3, -0.25) is 0 Å². The first-order valence-corrected chi connectivity index (χ1v) is 9.43. The minimum Gasteiger partial charge on any atom is -0.503 e. The monoisotopic (exact) mass is 373 g/mol. The van der Waals surface area contributed by atoms with Crippen LogP contribution in [0.1, 0.15) is 37.7 Å². The molecule has 2 rings (SSSR count). The largest absolute Gasteiger partial charge is 0.503 e. The van der Waals surface area contributed by atoms with Crippen molar-refractivity contribution in [2.45, 2.75) is 43.4 Å². The highest BCUT2D eigenvalue weighted by molar-refractivity contribution is 9.10. The van der Waals surface area contributed by atoms with E-state index in [0.29, 0.717) is 15.0 Å². The Morgan fingerprint density at radius 3 is 2.67 bits per heavy atom. The summed E-state index contributed by atoms with van der Waals surface area (Å²) in [6, 6.07) is 3.83. The lowest BCUT2D eigenvalue weighted by Crippen LogP contribution is -2.39. The van der Waals surface area contributed by atoms with E-state index in [4.69, 9.17) is 4.74 Å². The first kappa shape index (κ1) is 17.0. The van der Waals surface area contributed by atoms with E-state index in [9.17, 15) is 5.11 Å². The molecule has 118 valence electrons. The molecule has 0 unspecified atom stereocenters. The number of phenols is 1. The van der Waals surface area contributed by atoms with Crippen molar-refractivity contribution in [2.24, 2.45) is 0 Å². The van der Waals surface area contributed by atoms with Gasteiger partial charge in [-0.2, -0.15) is 11.8 Å². The van der Waals surface area contributed by atoms with Crippen LogP contribution in [0.2, 0.25) is 0 Å². The van der Waals surface area contributed by atoms with Gasteiger partial charge in [-0.25, -0.2) is 0 Å². The van der Waals surface area contributed by atoms with Crippen molar-refractivity contribution in [3.63, 3.8) is 0 Å². The summed E-state index contributed by atoms with van der Waals surface area (Å²) >= 11 is 5.37. The molecule has 3 nitrogen and oxygen atoms in total. The summed E-state index contributed by atoms with van der Waals surface area (Å²) in [6.07, 6.45) is 8.92. The van der Waals surface area contributed by atoms with Gasteiger partial charge in [-0.1, -0.05) is 19.3 Å². The SMILES string of the molecule is COc1cc(CNCC2(SC)CCCCC2)cc(Br)c1O. The van der Waals surface area contributed by atoms with Gasteiger partial charge < -0.3 is 15.2 Å². The quantitative estimate of drug-likeness (QED) is 0.778. The summed E-state index contributed by atoms with van der Waals surface area (Å²) in [4.78, 5) is 0. The molecule has 1 aliphatic rings. The molecule has 0 heterocycles. The molecule has 0 atom stereocenters. The highest BCUT2D eigenvalue weighted by Crippen LogP contribution is 2.38. The second-order valence-electron chi connectivity index (χ2n) is 5.68. The van der Waals surface area contributed by atoms with Crippen LogP contribution in [0.15, 0.2) is 16.6 Å². The van der Waals surface area contributed by atoms with Crippen LogP contribution in [-0.2, 0) is 6.54 Å². The van der Waals surface area contributed by atoms with Gasteiger partial charge in [0.2, 0.25) is 0 Å². The van der Waals surface area contributed by atoms with Gasteiger partial charge in [0.25, 0.3) is 0 Å². The van der Waals surface area contributed by atoms with Gasteiger partial charge in [0, 0.05) is 17.8 Å². The maximum absolute atomic E-state index is 9.83.